The van der Waals surface area contributed by atoms with Gasteiger partial charge < -0.3 is 5.32 Å². The standard InChI is InChI=1S/C14H16N2/c1-12-5-2-8-14(16-12)9-3-6-13-7-4-10-15-11-13/h2,5-6,8,15H,4,7,10-11H2,1H3/b13-6-. The number of piperidine rings is 1. The highest BCUT2D eigenvalue weighted by Crippen LogP contribution is 2.07. The molecule has 2 heterocycles. The van der Waals surface area contributed by atoms with Crippen molar-refractivity contribution in [2.45, 2.75) is 19.8 Å². The first-order valence-corrected chi connectivity index (χ1v) is 5.68. The summed E-state index contributed by atoms with van der Waals surface area (Å²) in [5.74, 6) is 6.15. The largest absolute Gasteiger partial charge is 0.313 e. The van der Waals surface area contributed by atoms with Crippen molar-refractivity contribution in [3.8, 4) is 11.8 Å². The SMILES string of the molecule is Cc1cccc(C#C/C=C2/CCCNC2)n1. The van der Waals surface area contributed by atoms with Crippen LogP contribution in [0, 0.1) is 18.8 Å². The molecule has 1 saturated heterocycles. The minimum Gasteiger partial charge on any atom is -0.313 e. The number of hydrogen-bond acceptors (Lipinski definition) is 2. The summed E-state index contributed by atoms with van der Waals surface area (Å²) in [6.07, 6.45) is 4.41. The summed E-state index contributed by atoms with van der Waals surface area (Å²) in [5, 5.41) is 3.34. The predicted molar refractivity (Wildman–Crippen MR) is 66.0 cm³/mol. The molecule has 1 aromatic heterocycles. The van der Waals surface area contributed by atoms with Crippen molar-refractivity contribution in [1.29, 1.82) is 0 Å². The van der Waals surface area contributed by atoms with Crippen LogP contribution in [0.3, 0.4) is 0 Å². The van der Waals surface area contributed by atoms with Crippen molar-refractivity contribution in [2.24, 2.45) is 0 Å². The van der Waals surface area contributed by atoms with E-state index in [2.05, 4.69) is 22.1 Å². The Kier molecular flexibility index (Phi) is 3.74. The van der Waals surface area contributed by atoms with E-state index >= 15 is 0 Å². The van der Waals surface area contributed by atoms with E-state index in [0.717, 1.165) is 24.5 Å². The highest BCUT2D eigenvalue weighted by atomic mass is 14.9. The molecule has 0 unspecified atom stereocenters. The van der Waals surface area contributed by atoms with Gasteiger partial charge >= 0.3 is 0 Å². The minimum absolute atomic E-state index is 0.848. The monoisotopic (exact) mass is 212 g/mol. The fraction of sp³-hybridized carbons (Fsp3) is 0.357. The Labute approximate surface area is 96.8 Å². The smallest absolute Gasteiger partial charge is 0.113 e. The van der Waals surface area contributed by atoms with Gasteiger partial charge in [0.15, 0.2) is 0 Å². The topological polar surface area (TPSA) is 24.9 Å². The number of aromatic nitrogens is 1. The quantitative estimate of drug-likeness (QED) is 0.666. The molecule has 0 radical (unpaired) electrons. The number of rotatable bonds is 0. The summed E-state index contributed by atoms with van der Waals surface area (Å²) in [4.78, 5) is 4.34. The summed E-state index contributed by atoms with van der Waals surface area (Å²) < 4.78 is 0. The number of hydrogen-bond donors (Lipinski definition) is 1. The number of allylic oxidation sites excluding steroid dienone is 1. The van der Waals surface area contributed by atoms with Crippen LogP contribution in [0.25, 0.3) is 0 Å². The van der Waals surface area contributed by atoms with Crippen molar-refractivity contribution in [1.82, 2.24) is 10.3 Å². The zero-order chi connectivity index (χ0) is 11.2. The Hall–Kier alpha value is -1.59. The maximum atomic E-state index is 4.34. The van der Waals surface area contributed by atoms with E-state index in [0.29, 0.717) is 0 Å². The average Bonchev–Trinajstić information content (AvgIpc) is 2.30. The summed E-state index contributed by atoms with van der Waals surface area (Å²) >= 11 is 0. The Morgan fingerprint density at radius 3 is 3.12 bits per heavy atom. The van der Waals surface area contributed by atoms with Crippen LogP contribution in [0.1, 0.15) is 24.2 Å². The van der Waals surface area contributed by atoms with Gasteiger partial charge in [0.05, 0.1) is 0 Å². The van der Waals surface area contributed by atoms with Crippen molar-refractivity contribution in [3.63, 3.8) is 0 Å². The lowest BCUT2D eigenvalue weighted by atomic mass is 10.1. The molecule has 1 N–H and O–H groups in total. The second kappa shape index (κ2) is 5.48. The van der Waals surface area contributed by atoms with Gasteiger partial charge in [-0.2, -0.15) is 0 Å². The predicted octanol–water partition coefficient (Wildman–Crippen LogP) is 2.05. The molecule has 82 valence electrons. The third-order valence-corrected chi connectivity index (χ3v) is 2.57. The number of nitrogens with one attached hydrogen (secondary N) is 1. The van der Waals surface area contributed by atoms with Crippen LogP contribution < -0.4 is 5.32 Å². The second-order valence-corrected chi connectivity index (χ2v) is 4.02. The highest BCUT2D eigenvalue weighted by Gasteiger charge is 2.02. The van der Waals surface area contributed by atoms with Gasteiger partial charge in [0.2, 0.25) is 0 Å². The molecule has 16 heavy (non-hydrogen) atoms. The number of nitrogens with zero attached hydrogens (tertiary/aromatic N) is 1. The van der Waals surface area contributed by atoms with Crippen LogP contribution >= 0.6 is 0 Å². The molecule has 1 aliphatic heterocycles. The fourth-order valence-electron chi connectivity index (χ4n) is 1.73. The lowest BCUT2D eigenvalue weighted by Gasteiger charge is -2.13. The van der Waals surface area contributed by atoms with E-state index in [-0.39, 0.29) is 0 Å². The van der Waals surface area contributed by atoms with Gasteiger partial charge in [-0.05, 0) is 56.0 Å². The Bertz CT molecular complexity index is 441. The van der Waals surface area contributed by atoms with Gasteiger partial charge in [-0.25, -0.2) is 4.98 Å². The van der Waals surface area contributed by atoms with Gasteiger partial charge in [-0.15, -0.1) is 0 Å². The van der Waals surface area contributed by atoms with Crippen molar-refractivity contribution in [2.75, 3.05) is 13.1 Å². The normalized spacial score (nSPS) is 17.9. The molecule has 0 saturated carbocycles. The van der Waals surface area contributed by atoms with Crippen molar-refractivity contribution in [3.05, 3.63) is 41.2 Å². The fourth-order valence-corrected chi connectivity index (χ4v) is 1.73. The van der Waals surface area contributed by atoms with Crippen LogP contribution in [-0.2, 0) is 0 Å². The Morgan fingerprint density at radius 1 is 1.44 bits per heavy atom. The lowest BCUT2D eigenvalue weighted by molar-refractivity contribution is 0.610. The van der Waals surface area contributed by atoms with Crippen molar-refractivity contribution >= 4 is 0 Å². The first-order valence-electron chi connectivity index (χ1n) is 5.68. The summed E-state index contributed by atoms with van der Waals surface area (Å²) in [5.41, 5.74) is 3.26. The number of aryl methyl sites for hydroxylation is 1. The molecular formula is C14H16N2. The molecular weight excluding hydrogens is 196 g/mol. The zero-order valence-electron chi connectivity index (χ0n) is 9.59. The van der Waals surface area contributed by atoms with Crippen molar-refractivity contribution < 1.29 is 0 Å². The van der Waals surface area contributed by atoms with Gasteiger partial charge in [-0.1, -0.05) is 12.0 Å². The van der Waals surface area contributed by atoms with Crippen LogP contribution in [0.2, 0.25) is 0 Å². The van der Waals surface area contributed by atoms with Crippen LogP contribution in [0.4, 0.5) is 0 Å². The Balaban J connectivity index is 2.04. The molecule has 2 heteroatoms. The van der Waals surface area contributed by atoms with E-state index in [9.17, 15) is 0 Å². The lowest BCUT2D eigenvalue weighted by Crippen LogP contribution is -2.23. The molecule has 0 spiro atoms. The molecule has 1 fully saturated rings. The van der Waals surface area contributed by atoms with Crippen LogP contribution in [0.15, 0.2) is 29.8 Å². The second-order valence-electron chi connectivity index (χ2n) is 4.02. The molecule has 2 nitrogen and oxygen atoms in total. The average molecular weight is 212 g/mol. The molecule has 0 aliphatic carbocycles. The molecule has 0 bridgehead atoms. The van der Waals surface area contributed by atoms with E-state index < -0.39 is 0 Å². The third-order valence-electron chi connectivity index (χ3n) is 2.57. The first-order chi connectivity index (χ1) is 7.84. The van der Waals surface area contributed by atoms with E-state index in [1.165, 1.54) is 18.4 Å². The maximum absolute atomic E-state index is 4.34. The summed E-state index contributed by atoms with van der Waals surface area (Å²) in [7, 11) is 0. The third kappa shape index (κ3) is 3.22. The first kappa shape index (κ1) is 10.9. The van der Waals surface area contributed by atoms with Crippen LogP contribution in [-0.4, -0.2) is 18.1 Å². The minimum atomic E-state index is 0.848. The Morgan fingerprint density at radius 2 is 2.38 bits per heavy atom. The van der Waals surface area contributed by atoms with Gasteiger partial charge in [0, 0.05) is 12.2 Å². The molecule has 1 aromatic rings. The number of pyridine rings is 1. The van der Waals surface area contributed by atoms with Gasteiger partial charge in [-0.3, -0.25) is 0 Å². The van der Waals surface area contributed by atoms with Gasteiger partial charge in [0.25, 0.3) is 0 Å². The van der Waals surface area contributed by atoms with E-state index in [4.69, 9.17) is 0 Å². The van der Waals surface area contributed by atoms with Gasteiger partial charge in [0.1, 0.15) is 5.69 Å². The molecule has 0 aromatic carbocycles. The molecule has 0 atom stereocenters. The van der Waals surface area contributed by atoms with Crippen LogP contribution in [0.5, 0.6) is 0 Å². The highest BCUT2D eigenvalue weighted by molar-refractivity contribution is 5.34. The molecule has 1 aliphatic rings. The summed E-state index contributed by atoms with van der Waals surface area (Å²) in [6.45, 7) is 4.09. The molecule has 0 amide bonds. The molecule has 2 rings (SSSR count). The maximum Gasteiger partial charge on any atom is 0.113 e. The summed E-state index contributed by atoms with van der Waals surface area (Å²) in [6, 6.07) is 5.91. The van der Waals surface area contributed by atoms with E-state index in [1.54, 1.807) is 0 Å². The zero-order valence-corrected chi connectivity index (χ0v) is 9.59. The van der Waals surface area contributed by atoms with E-state index in [1.807, 2.05) is 31.2 Å².